The Kier molecular flexibility index (Phi) is 3.67. The highest BCUT2D eigenvalue weighted by Gasteiger charge is 2.10. The van der Waals surface area contributed by atoms with E-state index in [0.29, 0.717) is 19.8 Å². The number of hydrogen-bond acceptors (Lipinski definition) is 5. The predicted octanol–water partition coefficient (Wildman–Crippen LogP) is 2.56. The van der Waals surface area contributed by atoms with E-state index < -0.39 is 0 Å². The molecule has 1 aliphatic heterocycles. The molecule has 0 bridgehead atoms. The molecule has 5 heteroatoms. The summed E-state index contributed by atoms with van der Waals surface area (Å²) in [4.78, 5) is 8.47. The molecule has 0 radical (unpaired) electrons. The van der Waals surface area contributed by atoms with Crippen LogP contribution >= 0.6 is 0 Å². The fourth-order valence-electron chi connectivity index (χ4n) is 2.06. The molecule has 0 aliphatic carbocycles. The lowest BCUT2D eigenvalue weighted by Crippen LogP contribution is -2.03. The molecule has 0 saturated heterocycles. The molecule has 3 rings (SSSR count). The van der Waals surface area contributed by atoms with Crippen LogP contribution in [-0.2, 0) is 6.54 Å². The van der Waals surface area contributed by atoms with Gasteiger partial charge in [0.2, 0.25) is 0 Å². The second-order valence-electron chi connectivity index (χ2n) is 4.73. The predicted molar refractivity (Wildman–Crippen MR) is 76.1 cm³/mol. The van der Waals surface area contributed by atoms with Crippen molar-refractivity contribution in [2.75, 3.05) is 18.5 Å². The van der Waals surface area contributed by atoms with E-state index >= 15 is 0 Å². The van der Waals surface area contributed by atoms with Crippen molar-refractivity contribution in [3.63, 3.8) is 0 Å². The first-order valence-corrected chi connectivity index (χ1v) is 6.72. The Hall–Kier alpha value is -2.30. The van der Waals surface area contributed by atoms with Gasteiger partial charge < -0.3 is 14.8 Å². The number of aromatic nitrogens is 2. The summed E-state index contributed by atoms with van der Waals surface area (Å²) in [7, 11) is 0. The summed E-state index contributed by atoms with van der Waals surface area (Å²) in [6, 6.07) is 6.00. The van der Waals surface area contributed by atoms with Gasteiger partial charge >= 0.3 is 0 Å². The van der Waals surface area contributed by atoms with Crippen LogP contribution in [0.25, 0.3) is 0 Å². The molecular formula is C15H17N3O2. The zero-order valence-electron chi connectivity index (χ0n) is 11.4. The summed E-state index contributed by atoms with van der Waals surface area (Å²) in [6.07, 6.45) is 4.37. The molecule has 104 valence electrons. The van der Waals surface area contributed by atoms with Crippen molar-refractivity contribution in [2.24, 2.45) is 0 Å². The van der Waals surface area contributed by atoms with Crippen molar-refractivity contribution in [3.05, 3.63) is 41.9 Å². The maximum absolute atomic E-state index is 5.68. The van der Waals surface area contributed by atoms with Gasteiger partial charge in [0.1, 0.15) is 5.82 Å². The average molecular weight is 271 g/mol. The highest BCUT2D eigenvalue weighted by atomic mass is 16.5. The van der Waals surface area contributed by atoms with E-state index in [1.807, 2.05) is 25.1 Å². The number of rotatable bonds is 3. The summed E-state index contributed by atoms with van der Waals surface area (Å²) in [6.45, 7) is 4.01. The summed E-state index contributed by atoms with van der Waals surface area (Å²) in [5, 5.41) is 3.25. The first-order valence-electron chi connectivity index (χ1n) is 6.72. The zero-order valence-corrected chi connectivity index (χ0v) is 11.4. The van der Waals surface area contributed by atoms with Gasteiger partial charge in [0.15, 0.2) is 11.5 Å². The molecule has 0 unspecified atom stereocenters. The summed E-state index contributed by atoms with van der Waals surface area (Å²) < 4.78 is 11.3. The number of anilines is 1. The van der Waals surface area contributed by atoms with Crippen molar-refractivity contribution in [2.45, 2.75) is 19.9 Å². The summed E-state index contributed by atoms with van der Waals surface area (Å²) >= 11 is 0. The van der Waals surface area contributed by atoms with Crippen LogP contribution in [0, 0.1) is 6.92 Å². The lowest BCUT2D eigenvalue weighted by Gasteiger charge is -2.10. The van der Waals surface area contributed by atoms with E-state index in [1.54, 1.807) is 12.4 Å². The molecule has 1 aromatic heterocycles. The Morgan fingerprint density at radius 3 is 2.85 bits per heavy atom. The van der Waals surface area contributed by atoms with Crippen molar-refractivity contribution >= 4 is 5.82 Å². The standard InChI is InChI=1S/C15H17N3O2/c1-11-8-16-10-15(18-11)17-9-12-3-4-13-14(7-12)20-6-2-5-19-13/h3-4,7-8,10H,2,5-6,9H2,1H3,(H,17,18). The van der Waals surface area contributed by atoms with Gasteiger partial charge in [0.25, 0.3) is 0 Å². The van der Waals surface area contributed by atoms with E-state index in [9.17, 15) is 0 Å². The largest absolute Gasteiger partial charge is 0.490 e. The number of fused-ring (bicyclic) bond motifs is 1. The number of ether oxygens (including phenoxy) is 2. The molecule has 2 aromatic rings. The molecule has 1 aromatic carbocycles. The molecular weight excluding hydrogens is 254 g/mol. The zero-order chi connectivity index (χ0) is 13.8. The van der Waals surface area contributed by atoms with Gasteiger partial charge in [-0.05, 0) is 24.6 Å². The normalized spacial score (nSPS) is 13.7. The molecule has 1 N–H and O–H groups in total. The second kappa shape index (κ2) is 5.77. The topological polar surface area (TPSA) is 56.3 Å². The minimum atomic E-state index is 0.675. The number of hydrogen-bond donors (Lipinski definition) is 1. The van der Waals surface area contributed by atoms with Crippen LogP contribution in [0.1, 0.15) is 17.7 Å². The van der Waals surface area contributed by atoms with Gasteiger partial charge in [0, 0.05) is 19.2 Å². The fourth-order valence-corrected chi connectivity index (χ4v) is 2.06. The number of nitrogens with one attached hydrogen (secondary N) is 1. The maximum Gasteiger partial charge on any atom is 0.161 e. The van der Waals surface area contributed by atoms with Crippen LogP contribution in [-0.4, -0.2) is 23.2 Å². The van der Waals surface area contributed by atoms with Gasteiger partial charge in [-0.25, -0.2) is 4.98 Å². The van der Waals surface area contributed by atoms with Crippen LogP contribution in [0.4, 0.5) is 5.82 Å². The first kappa shape index (κ1) is 12.7. The first-order chi connectivity index (χ1) is 9.81. The monoisotopic (exact) mass is 271 g/mol. The van der Waals surface area contributed by atoms with Crippen LogP contribution in [0.5, 0.6) is 11.5 Å². The Bertz CT molecular complexity index is 601. The lowest BCUT2D eigenvalue weighted by atomic mass is 10.2. The smallest absolute Gasteiger partial charge is 0.161 e. The van der Waals surface area contributed by atoms with E-state index in [1.165, 1.54) is 0 Å². The minimum absolute atomic E-state index is 0.675. The van der Waals surface area contributed by atoms with Crippen LogP contribution in [0.2, 0.25) is 0 Å². The molecule has 0 amide bonds. The molecule has 1 aliphatic rings. The van der Waals surface area contributed by atoms with Crippen LogP contribution < -0.4 is 14.8 Å². The van der Waals surface area contributed by atoms with E-state index in [0.717, 1.165) is 35.0 Å². The second-order valence-corrected chi connectivity index (χ2v) is 4.73. The Labute approximate surface area is 118 Å². The molecule has 2 heterocycles. The van der Waals surface area contributed by atoms with E-state index in [2.05, 4.69) is 15.3 Å². The van der Waals surface area contributed by atoms with Gasteiger partial charge in [-0.15, -0.1) is 0 Å². The molecule has 0 atom stereocenters. The molecule has 0 spiro atoms. The highest BCUT2D eigenvalue weighted by Crippen LogP contribution is 2.30. The van der Waals surface area contributed by atoms with Gasteiger partial charge in [-0.1, -0.05) is 6.07 Å². The van der Waals surface area contributed by atoms with Gasteiger partial charge in [-0.3, -0.25) is 4.98 Å². The average Bonchev–Trinajstić information content (AvgIpc) is 2.70. The lowest BCUT2D eigenvalue weighted by molar-refractivity contribution is 0.297. The summed E-state index contributed by atoms with van der Waals surface area (Å²) in [5.41, 5.74) is 2.02. The number of benzene rings is 1. The highest BCUT2D eigenvalue weighted by molar-refractivity contribution is 5.44. The fraction of sp³-hybridized carbons (Fsp3) is 0.333. The summed E-state index contributed by atoms with van der Waals surface area (Å²) in [5.74, 6) is 2.41. The van der Waals surface area contributed by atoms with Crippen molar-refractivity contribution in [1.29, 1.82) is 0 Å². The van der Waals surface area contributed by atoms with Crippen molar-refractivity contribution in [3.8, 4) is 11.5 Å². The Balaban J connectivity index is 1.70. The third kappa shape index (κ3) is 2.99. The van der Waals surface area contributed by atoms with Crippen LogP contribution in [0.15, 0.2) is 30.6 Å². The maximum atomic E-state index is 5.68. The molecule has 0 saturated carbocycles. The van der Waals surface area contributed by atoms with E-state index in [-0.39, 0.29) is 0 Å². The van der Waals surface area contributed by atoms with Gasteiger partial charge in [-0.2, -0.15) is 0 Å². The van der Waals surface area contributed by atoms with E-state index in [4.69, 9.17) is 9.47 Å². The Morgan fingerprint density at radius 1 is 1.15 bits per heavy atom. The number of nitrogens with zero attached hydrogens (tertiary/aromatic N) is 2. The number of aryl methyl sites for hydroxylation is 1. The molecule has 20 heavy (non-hydrogen) atoms. The van der Waals surface area contributed by atoms with Crippen molar-refractivity contribution < 1.29 is 9.47 Å². The molecule has 5 nitrogen and oxygen atoms in total. The quantitative estimate of drug-likeness (QED) is 0.929. The third-order valence-electron chi connectivity index (χ3n) is 3.04. The van der Waals surface area contributed by atoms with Gasteiger partial charge in [0.05, 0.1) is 25.1 Å². The van der Waals surface area contributed by atoms with Crippen LogP contribution in [0.3, 0.4) is 0 Å². The minimum Gasteiger partial charge on any atom is -0.490 e. The van der Waals surface area contributed by atoms with Crippen molar-refractivity contribution in [1.82, 2.24) is 9.97 Å². The third-order valence-corrected chi connectivity index (χ3v) is 3.04. The molecule has 0 fully saturated rings. The SMILES string of the molecule is Cc1cncc(NCc2ccc3c(c2)OCCCO3)n1. The Morgan fingerprint density at radius 2 is 2.00 bits per heavy atom.